The summed E-state index contributed by atoms with van der Waals surface area (Å²) in [6.07, 6.45) is 3.67. The second-order valence-corrected chi connectivity index (χ2v) is 20.8. The fourth-order valence-corrected chi connectivity index (χ4v) is 12.3. The van der Waals surface area contributed by atoms with Crippen LogP contribution in [0.2, 0.25) is 0 Å². The van der Waals surface area contributed by atoms with Crippen molar-refractivity contribution in [2.24, 2.45) is 0 Å². The Morgan fingerprint density at radius 2 is 0.635 bits per heavy atom. The molecule has 0 fully saturated rings. The first-order valence-electron chi connectivity index (χ1n) is 25.5. The highest BCUT2D eigenvalue weighted by atomic mass is 15.0. The topological polar surface area (TPSA) is 64.5 Å². The van der Waals surface area contributed by atoms with Gasteiger partial charge < -0.3 is 0 Å². The fourth-order valence-electron chi connectivity index (χ4n) is 12.3. The van der Waals surface area contributed by atoms with Crippen LogP contribution in [0.5, 0.6) is 0 Å². The first kappa shape index (κ1) is 43.6. The normalized spacial score (nSPS) is 13.6. The van der Waals surface area contributed by atoms with E-state index >= 15 is 0 Å². The molecule has 0 saturated carbocycles. The van der Waals surface area contributed by atoms with Crippen molar-refractivity contribution >= 4 is 21.8 Å². The molecule has 9 aromatic carbocycles. The Hall–Kier alpha value is -9.19. The van der Waals surface area contributed by atoms with E-state index in [1.165, 1.54) is 66.8 Å². The van der Waals surface area contributed by atoms with E-state index in [0.29, 0.717) is 17.5 Å². The van der Waals surface area contributed by atoms with Gasteiger partial charge in [0, 0.05) is 50.7 Å². The number of aromatic nitrogens is 5. The van der Waals surface area contributed by atoms with Crippen molar-refractivity contribution < 1.29 is 0 Å². The molecule has 0 aliphatic heterocycles. The van der Waals surface area contributed by atoms with E-state index in [1.807, 2.05) is 60.9 Å². The van der Waals surface area contributed by atoms with Crippen LogP contribution in [0.25, 0.3) is 123 Å². The zero-order valence-electron chi connectivity index (χ0n) is 41.6. The van der Waals surface area contributed by atoms with E-state index in [4.69, 9.17) is 24.9 Å². The third kappa shape index (κ3) is 6.88. The van der Waals surface area contributed by atoms with Gasteiger partial charge in [0.05, 0.1) is 11.0 Å². The highest BCUT2D eigenvalue weighted by Crippen LogP contribution is 2.54. The van der Waals surface area contributed by atoms with Crippen LogP contribution in [0.3, 0.4) is 0 Å². The quantitative estimate of drug-likeness (QED) is 0.159. The Kier molecular flexibility index (Phi) is 9.83. The van der Waals surface area contributed by atoms with Gasteiger partial charge in [0.25, 0.3) is 0 Å². The number of hydrogen-bond acceptors (Lipinski definition) is 5. The molecule has 12 aromatic rings. The van der Waals surface area contributed by atoms with Gasteiger partial charge >= 0.3 is 0 Å². The number of fused-ring (bicyclic) bond motifs is 8. The minimum Gasteiger partial charge on any atom is -0.256 e. The lowest BCUT2D eigenvalue weighted by Crippen LogP contribution is -2.16. The van der Waals surface area contributed by atoms with Crippen molar-refractivity contribution in [2.45, 2.75) is 38.5 Å². The predicted molar refractivity (Wildman–Crippen MR) is 304 cm³/mol. The molecular formula is C69H49N5. The van der Waals surface area contributed by atoms with Gasteiger partial charge in [-0.2, -0.15) is 0 Å². The van der Waals surface area contributed by atoms with E-state index in [2.05, 4.69) is 191 Å². The van der Waals surface area contributed by atoms with Crippen LogP contribution >= 0.6 is 0 Å². The summed E-state index contributed by atoms with van der Waals surface area (Å²) in [5.41, 5.74) is 24.2. The molecule has 74 heavy (non-hydrogen) atoms. The summed E-state index contributed by atoms with van der Waals surface area (Å²) >= 11 is 0. The molecule has 2 aliphatic carbocycles. The molecule has 0 radical (unpaired) electrons. The highest BCUT2D eigenvalue weighted by molar-refractivity contribution is 5.96. The van der Waals surface area contributed by atoms with Crippen LogP contribution in [0.15, 0.2) is 225 Å². The number of nitrogens with zero attached hydrogens (tertiary/aromatic N) is 5. The standard InChI is InChI=1S/C69H49N5/c1-68(2)59-23-9-5-15-51(59)55-21-13-19-49(63(55)68)44-31-27-42(28-32-44)46-39-47(43-29-33-45(34-30-43)50-20-14-22-56-52-16-6-10-24-60(52)69(3,4)64(50)56)41-48(40-46)65-72-66(57-35-37-70-61-25-11-7-17-53(57)61)74-67(73-65)58-36-38-71-62-26-12-8-18-54(58)62/h5-41H,1-4H3. The maximum absolute atomic E-state index is 5.37. The van der Waals surface area contributed by atoms with Crippen LogP contribution in [0.4, 0.5) is 0 Å². The lowest BCUT2D eigenvalue weighted by Gasteiger charge is -2.24. The molecule has 2 aliphatic rings. The van der Waals surface area contributed by atoms with Gasteiger partial charge in [0.15, 0.2) is 17.5 Å². The molecule has 14 rings (SSSR count). The van der Waals surface area contributed by atoms with Crippen molar-refractivity contribution in [3.8, 4) is 101 Å². The van der Waals surface area contributed by atoms with E-state index in [1.54, 1.807) is 0 Å². The Bertz CT molecular complexity index is 3970. The Morgan fingerprint density at radius 3 is 1.11 bits per heavy atom. The van der Waals surface area contributed by atoms with E-state index in [-0.39, 0.29) is 10.8 Å². The zero-order valence-corrected chi connectivity index (χ0v) is 41.6. The van der Waals surface area contributed by atoms with Crippen LogP contribution < -0.4 is 0 Å². The van der Waals surface area contributed by atoms with Gasteiger partial charge in [0.2, 0.25) is 0 Å². The number of rotatable bonds is 7. The molecule has 3 heterocycles. The SMILES string of the molecule is CC1(C)c2ccccc2-c2cccc(-c3ccc(-c4cc(-c5ccc(-c6cccc7c6C(C)(C)c6ccccc6-7)cc5)cc(-c5nc(-c6ccnc7ccccc67)nc(-c6ccnc7ccccc67)n5)c4)cc3)c21. The molecule has 0 N–H and O–H groups in total. The Balaban J connectivity index is 0.936. The first-order chi connectivity index (χ1) is 36.2. The minimum atomic E-state index is -0.130. The number of para-hydroxylation sites is 2. The zero-order chi connectivity index (χ0) is 49.7. The fraction of sp³-hybridized carbons (Fsp3) is 0.0870. The van der Waals surface area contributed by atoms with E-state index in [0.717, 1.165) is 60.8 Å². The smallest absolute Gasteiger partial charge is 0.164 e. The maximum Gasteiger partial charge on any atom is 0.164 e. The van der Waals surface area contributed by atoms with Gasteiger partial charge in [-0.25, -0.2) is 15.0 Å². The molecule has 0 bridgehead atoms. The van der Waals surface area contributed by atoms with Crippen LogP contribution in [0.1, 0.15) is 49.9 Å². The van der Waals surface area contributed by atoms with Crippen molar-refractivity contribution in [1.82, 2.24) is 24.9 Å². The number of benzene rings is 9. The van der Waals surface area contributed by atoms with Crippen LogP contribution in [-0.4, -0.2) is 24.9 Å². The van der Waals surface area contributed by atoms with Crippen molar-refractivity contribution in [3.05, 3.63) is 247 Å². The average molecular weight is 948 g/mol. The third-order valence-electron chi connectivity index (χ3n) is 15.8. The van der Waals surface area contributed by atoms with E-state index < -0.39 is 0 Å². The first-order valence-corrected chi connectivity index (χ1v) is 25.5. The molecule has 3 aromatic heterocycles. The largest absolute Gasteiger partial charge is 0.256 e. The van der Waals surface area contributed by atoms with Gasteiger partial charge in [-0.05, 0) is 131 Å². The van der Waals surface area contributed by atoms with Crippen molar-refractivity contribution in [3.63, 3.8) is 0 Å². The molecule has 5 nitrogen and oxygen atoms in total. The molecule has 0 saturated heterocycles. The van der Waals surface area contributed by atoms with Gasteiger partial charge in [-0.15, -0.1) is 0 Å². The molecule has 5 heteroatoms. The minimum absolute atomic E-state index is 0.130. The van der Waals surface area contributed by atoms with Crippen molar-refractivity contribution in [2.75, 3.05) is 0 Å². The lowest BCUT2D eigenvalue weighted by molar-refractivity contribution is 0.662. The van der Waals surface area contributed by atoms with E-state index in [9.17, 15) is 0 Å². The summed E-state index contributed by atoms with van der Waals surface area (Å²) in [6, 6.07) is 76.5. The molecule has 0 unspecified atom stereocenters. The van der Waals surface area contributed by atoms with Gasteiger partial charge in [-0.1, -0.05) is 198 Å². The van der Waals surface area contributed by atoms with Crippen LogP contribution in [-0.2, 0) is 10.8 Å². The number of hydrogen-bond donors (Lipinski definition) is 0. The maximum atomic E-state index is 5.37. The second kappa shape index (κ2) is 16.7. The predicted octanol–water partition coefficient (Wildman–Crippen LogP) is 17.2. The average Bonchev–Trinajstić information content (AvgIpc) is 3.89. The lowest BCUT2D eigenvalue weighted by atomic mass is 9.78. The molecule has 350 valence electrons. The van der Waals surface area contributed by atoms with Crippen molar-refractivity contribution in [1.29, 1.82) is 0 Å². The second-order valence-electron chi connectivity index (χ2n) is 20.8. The summed E-state index contributed by atoms with van der Waals surface area (Å²) in [5, 5.41) is 1.94. The Labute approximate surface area is 431 Å². The van der Waals surface area contributed by atoms with Gasteiger partial charge in [0.1, 0.15) is 0 Å². The Morgan fingerprint density at radius 1 is 0.270 bits per heavy atom. The molecule has 0 spiro atoms. The molecular weight excluding hydrogens is 899 g/mol. The summed E-state index contributed by atoms with van der Waals surface area (Å²) in [4.78, 5) is 25.4. The number of pyridine rings is 2. The third-order valence-corrected chi connectivity index (χ3v) is 15.8. The summed E-state index contributed by atoms with van der Waals surface area (Å²) in [7, 11) is 0. The van der Waals surface area contributed by atoms with Crippen LogP contribution in [0, 0.1) is 0 Å². The highest BCUT2D eigenvalue weighted by Gasteiger charge is 2.38. The molecule has 0 atom stereocenters. The summed E-state index contributed by atoms with van der Waals surface area (Å²) < 4.78 is 0. The summed E-state index contributed by atoms with van der Waals surface area (Å²) in [6.45, 7) is 9.42. The molecule has 0 amide bonds. The monoisotopic (exact) mass is 947 g/mol. The van der Waals surface area contributed by atoms with Gasteiger partial charge in [-0.3, -0.25) is 9.97 Å². The summed E-state index contributed by atoms with van der Waals surface area (Å²) in [5.74, 6) is 1.73.